The molecule has 1 amide bonds. The summed E-state index contributed by atoms with van der Waals surface area (Å²) in [6.45, 7) is 1.96. The summed E-state index contributed by atoms with van der Waals surface area (Å²) in [7, 11) is 0. The Balaban J connectivity index is 1.44. The van der Waals surface area contributed by atoms with Gasteiger partial charge >= 0.3 is 5.97 Å². The van der Waals surface area contributed by atoms with Crippen LogP contribution in [0, 0.1) is 0 Å². The van der Waals surface area contributed by atoms with Crippen LogP contribution in [-0.4, -0.2) is 23.5 Å². The van der Waals surface area contributed by atoms with E-state index in [9.17, 15) is 9.59 Å². The van der Waals surface area contributed by atoms with Crippen molar-refractivity contribution in [3.63, 3.8) is 0 Å². The third kappa shape index (κ3) is 4.31. The zero-order valence-electron chi connectivity index (χ0n) is 16.3. The molecule has 4 rings (SSSR count). The number of hydrogen-bond acceptors (Lipinski definition) is 3. The van der Waals surface area contributed by atoms with Crippen LogP contribution >= 0.6 is 11.6 Å². The minimum absolute atomic E-state index is 0.175. The van der Waals surface area contributed by atoms with E-state index in [1.165, 1.54) is 11.1 Å². The zero-order chi connectivity index (χ0) is 21.1. The fraction of sp³-hybridized carbons (Fsp3) is 0.167. The van der Waals surface area contributed by atoms with Crippen molar-refractivity contribution in [3.8, 4) is 0 Å². The molecule has 6 heteroatoms. The van der Waals surface area contributed by atoms with Gasteiger partial charge in [0.15, 0.2) is 0 Å². The van der Waals surface area contributed by atoms with E-state index in [2.05, 4.69) is 22.3 Å². The molecule has 0 atom stereocenters. The summed E-state index contributed by atoms with van der Waals surface area (Å²) in [6, 6.07) is 20.4. The number of hydrogen-bond donors (Lipinski definition) is 2. The number of rotatable bonds is 6. The predicted molar refractivity (Wildman–Crippen MR) is 117 cm³/mol. The summed E-state index contributed by atoms with van der Waals surface area (Å²) in [5.74, 6) is -1.13. The quantitative estimate of drug-likeness (QED) is 0.614. The Kier molecular flexibility index (Phi) is 5.72. The van der Waals surface area contributed by atoms with Gasteiger partial charge in [-0.05, 0) is 53.4 Å². The highest BCUT2D eigenvalue weighted by Gasteiger charge is 2.23. The van der Waals surface area contributed by atoms with Gasteiger partial charge in [-0.3, -0.25) is 4.79 Å². The number of nitrogens with zero attached hydrogens (tertiary/aromatic N) is 1. The van der Waals surface area contributed by atoms with Crippen LogP contribution in [-0.2, 0) is 19.5 Å². The third-order valence-electron chi connectivity index (χ3n) is 5.28. The highest BCUT2D eigenvalue weighted by molar-refractivity contribution is 6.31. The van der Waals surface area contributed by atoms with Crippen molar-refractivity contribution >= 4 is 29.2 Å². The van der Waals surface area contributed by atoms with Crippen molar-refractivity contribution in [2.45, 2.75) is 19.5 Å². The fourth-order valence-electron chi connectivity index (χ4n) is 3.70. The molecule has 0 aliphatic carbocycles. The number of aromatic carboxylic acids is 1. The highest BCUT2D eigenvalue weighted by Crippen LogP contribution is 2.32. The second-order valence-electron chi connectivity index (χ2n) is 7.29. The summed E-state index contributed by atoms with van der Waals surface area (Å²) in [4.78, 5) is 26.0. The van der Waals surface area contributed by atoms with Gasteiger partial charge in [-0.15, -0.1) is 0 Å². The molecule has 0 saturated carbocycles. The summed E-state index contributed by atoms with van der Waals surface area (Å²) < 4.78 is 0. The molecule has 0 spiro atoms. The third-order valence-corrected chi connectivity index (χ3v) is 5.52. The first-order valence-corrected chi connectivity index (χ1v) is 10.1. The van der Waals surface area contributed by atoms with Crippen molar-refractivity contribution in [3.05, 3.63) is 99.6 Å². The lowest BCUT2D eigenvalue weighted by atomic mass is 10.1. The largest absolute Gasteiger partial charge is 0.478 e. The fourth-order valence-corrected chi connectivity index (χ4v) is 3.87. The zero-order valence-corrected chi connectivity index (χ0v) is 17.0. The van der Waals surface area contributed by atoms with Gasteiger partial charge in [0.1, 0.15) is 0 Å². The first-order valence-electron chi connectivity index (χ1n) is 9.73. The molecule has 0 bridgehead atoms. The normalized spacial score (nSPS) is 12.5. The van der Waals surface area contributed by atoms with Gasteiger partial charge in [-0.1, -0.05) is 48.0 Å². The van der Waals surface area contributed by atoms with Crippen LogP contribution in [0.3, 0.4) is 0 Å². The lowest BCUT2D eigenvalue weighted by Crippen LogP contribution is -2.28. The maximum absolute atomic E-state index is 12.9. The van der Waals surface area contributed by atoms with Gasteiger partial charge in [-0.25, -0.2) is 4.79 Å². The number of amides is 1. The van der Waals surface area contributed by atoms with Gasteiger partial charge in [0.05, 0.1) is 16.8 Å². The molecular weight excluding hydrogens is 400 g/mol. The van der Waals surface area contributed by atoms with E-state index in [0.29, 0.717) is 23.6 Å². The molecule has 1 heterocycles. The number of carboxylic acids is 1. The molecule has 1 aliphatic heterocycles. The lowest BCUT2D eigenvalue weighted by molar-refractivity contribution is 0.0696. The average Bonchev–Trinajstić information content (AvgIpc) is 3.18. The van der Waals surface area contributed by atoms with Crippen molar-refractivity contribution < 1.29 is 14.7 Å². The molecule has 152 valence electrons. The topological polar surface area (TPSA) is 69.6 Å². The monoisotopic (exact) mass is 420 g/mol. The molecule has 1 aliphatic rings. The van der Waals surface area contributed by atoms with Crippen molar-refractivity contribution in [1.82, 2.24) is 5.32 Å². The van der Waals surface area contributed by atoms with Gasteiger partial charge in [0.2, 0.25) is 0 Å². The predicted octanol–water partition coefficient (Wildman–Crippen LogP) is 4.53. The van der Waals surface area contributed by atoms with E-state index < -0.39 is 5.97 Å². The minimum atomic E-state index is -0.951. The van der Waals surface area contributed by atoms with Crippen molar-refractivity contribution in [2.75, 3.05) is 11.4 Å². The van der Waals surface area contributed by atoms with E-state index in [0.717, 1.165) is 24.3 Å². The van der Waals surface area contributed by atoms with Gasteiger partial charge < -0.3 is 15.3 Å². The van der Waals surface area contributed by atoms with Gasteiger partial charge in [0, 0.05) is 24.7 Å². The number of carboxylic acid groups (broad SMARTS) is 1. The van der Waals surface area contributed by atoms with E-state index in [-0.39, 0.29) is 11.5 Å². The second kappa shape index (κ2) is 8.59. The molecule has 0 radical (unpaired) electrons. The molecule has 5 nitrogen and oxygen atoms in total. The SMILES string of the molecule is O=C(O)c1ccc(CCNC(=O)c2cc(Cl)ccc2N2Cc3ccccc3C2)cc1. The van der Waals surface area contributed by atoms with Crippen molar-refractivity contribution in [2.24, 2.45) is 0 Å². The van der Waals surface area contributed by atoms with E-state index in [1.54, 1.807) is 36.4 Å². The van der Waals surface area contributed by atoms with E-state index >= 15 is 0 Å². The summed E-state index contributed by atoms with van der Waals surface area (Å²) in [5, 5.41) is 12.4. The standard InChI is InChI=1S/C24H21ClN2O3/c25-20-9-10-22(27-14-18-3-1-2-4-19(18)15-27)21(13-20)23(28)26-12-11-16-5-7-17(8-6-16)24(29)30/h1-10,13H,11-12,14-15H2,(H,26,28)(H,29,30). The maximum Gasteiger partial charge on any atom is 0.335 e. The van der Waals surface area contributed by atoms with Gasteiger partial charge in [-0.2, -0.15) is 0 Å². The lowest BCUT2D eigenvalue weighted by Gasteiger charge is -2.21. The molecule has 3 aromatic rings. The van der Waals surface area contributed by atoms with Gasteiger partial charge in [0.25, 0.3) is 5.91 Å². The Labute approximate surface area is 179 Å². The van der Waals surface area contributed by atoms with E-state index in [4.69, 9.17) is 16.7 Å². The highest BCUT2D eigenvalue weighted by atomic mass is 35.5. The number of anilines is 1. The van der Waals surface area contributed by atoms with E-state index in [1.807, 2.05) is 18.2 Å². The maximum atomic E-state index is 12.9. The molecule has 0 unspecified atom stereocenters. The van der Waals surface area contributed by atoms with Crippen LogP contribution in [0.25, 0.3) is 0 Å². The number of benzene rings is 3. The average molecular weight is 421 g/mol. The molecular formula is C24H21ClN2O3. The minimum Gasteiger partial charge on any atom is -0.478 e. The summed E-state index contributed by atoms with van der Waals surface area (Å²) >= 11 is 6.18. The number of carbonyl (C=O) groups is 2. The Morgan fingerprint density at radius 2 is 1.63 bits per heavy atom. The van der Waals surface area contributed by atoms with Crippen molar-refractivity contribution in [1.29, 1.82) is 0 Å². The number of nitrogens with one attached hydrogen (secondary N) is 1. The Morgan fingerprint density at radius 1 is 0.967 bits per heavy atom. The van der Waals surface area contributed by atoms with Crippen LogP contribution < -0.4 is 10.2 Å². The second-order valence-corrected chi connectivity index (χ2v) is 7.73. The first kappa shape index (κ1) is 20.0. The molecule has 30 heavy (non-hydrogen) atoms. The molecule has 0 fully saturated rings. The van der Waals surface area contributed by atoms with Crippen LogP contribution in [0.4, 0.5) is 5.69 Å². The number of fused-ring (bicyclic) bond motifs is 1. The molecule has 3 aromatic carbocycles. The molecule has 2 N–H and O–H groups in total. The van der Waals surface area contributed by atoms with Crippen LogP contribution in [0.15, 0.2) is 66.7 Å². The Bertz CT molecular complexity index is 1070. The molecule has 0 aromatic heterocycles. The summed E-state index contributed by atoms with van der Waals surface area (Å²) in [5.41, 5.74) is 5.15. The first-order chi connectivity index (χ1) is 14.5. The molecule has 0 saturated heterocycles. The van der Waals surface area contributed by atoms with Crippen LogP contribution in [0.5, 0.6) is 0 Å². The smallest absolute Gasteiger partial charge is 0.335 e. The summed E-state index contributed by atoms with van der Waals surface area (Å²) in [6.07, 6.45) is 0.608. The Hall–Kier alpha value is -3.31. The number of halogens is 1. The number of carbonyl (C=O) groups excluding carboxylic acids is 1. The van der Waals surface area contributed by atoms with Crippen LogP contribution in [0.2, 0.25) is 5.02 Å². The Morgan fingerprint density at radius 3 is 2.27 bits per heavy atom. The van der Waals surface area contributed by atoms with Crippen LogP contribution in [0.1, 0.15) is 37.4 Å².